The summed E-state index contributed by atoms with van der Waals surface area (Å²) in [5.74, 6) is -0.480. The van der Waals surface area contributed by atoms with Crippen LogP contribution in [-0.2, 0) is 11.3 Å². The summed E-state index contributed by atoms with van der Waals surface area (Å²) in [7, 11) is 0. The van der Waals surface area contributed by atoms with E-state index in [0.717, 1.165) is 12.8 Å². The zero-order chi connectivity index (χ0) is 15.5. The second-order valence-electron chi connectivity index (χ2n) is 5.20. The van der Waals surface area contributed by atoms with Gasteiger partial charge < -0.3 is 10.6 Å². The molecule has 0 spiro atoms. The van der Waals surface area contributed by atoms with Crippen molar-refractivity contribution in [1.82, 2.24) is 5.32 Å². The summed E-state index contributed by atoms with van der Waals surface area (Å²) in [6.07, 6.45) is 1.88. The van der Waals surface area contributed by atoms with E-state index < -0.39 is 0 Å². The third-order valence-corrected chi connectivity index (χ3v) is 4.42. The Bertz CT molecular complexity index is 710. The summed E-state index contributed by atoms with van der Waals surface area (Å²) in [6.45, 7) is 0.132. The van der Waals surface area contributed by atoms with Gasteiger partial charge in [-0.25, -0.2) is 4.39 Å². The van der Waals surface area contributed by atoms with Crippen molar-refractivity contribution in [1.29, 1.82) is 0 Å². The predicted octanol–water partition coefficient (Wildman–Crippen LogP) is 3.17. The zero-order valence-corrected chi connectivity index (χ0v) is 12.6. The Hall–Kier alpha value is -2.21. The number of thiophene rings is 1. The highest BCUT2D eigenvalue weighted by molar-refractivity contribution is 7.18. The van der Waals surface area contributed by atoms with Gasteiger partial charge in [-0.1, -0.05) is 18.2 Å². The van der Waals surface area contributed by atoms with Gasteiger partial charge in [0.2, 0.25) is 5.91 Å². The van der Waals surface area contributed by atoms with Crippen LogP contribution in [0.5, 0.6) is 0 Å². The minimum Gasteiger partial charge on any atom is -0.347 e. The monoisotopic (exact) mass is 318 g/mol. The van der Waals surface area contributed by atoms with E-state index in [4.69, 9.17) is 0 Å². The Labute approximate surface area is 131 Å². The molecule has 1 fully saturated rings. The van der Waals surface area contributed by atoms with E-state index in [1.165, 1.54) is 17.4 Å². The van der Waals surface area contributed by atoms with Gasteiger partial charge in [-0.05, 0) is 31.0 Å². The highest BCUT2D eigenvalue weighted by atomic mass is 32.1. The molecule has 22 heavy (non-hydrogen) atoms. The minimum atomic E-state index is -0.341. The highest BCUT2D eigenvalue weighted by Gasteiger charge is 2.29. The van der Waals surface area contributed by atoms with Gasteiger partial charge in [0.1, 0.15) is 5.82 Å². The van der Waals surface area contributed by atoms with Crippen molar-refractivity contribution < 1.29 is 14.0 Å². The number of hydrogen-bond donors (Lipinski definition) is 2. The number of hydrogen-bond acceptors (Lipinski definition) is 3. The lowest BCUT2D eigenvalue weighted by Gasteiger charge is -2.04. The maximum Gasteiger partial charge on any atom is 0.261 e. The molecule has 0 bridgehead atoms. The molecule has 3 rings (SSSR count). The van der Waals surface area contributed by atoms with Gasteiger partial charge in [0.05, 0.1) is 9.88 Å². The van der Waals surface area contributed by atoms with Crippen LogP contribution in [0.25, 0.3) is 0 Å². The zero-order valence-electron chi connectivity index (χ0n) is 11.8. The molecule has 0 atom stereocenters. The molecule has 1 saturated carbocycles. The van der Waals surface area contributed by atoms with Crippen LogP contribution < -0.4 is 10.6 Å². The molecule has 0 radical (unpaired) electrons. The quantitative estimate of drug-likeness (QED) is 0.889. The molecule has 6 heteroatoms. The van der Waals surface area contributed by atoms with Crippen LogP contribution in [0, 0.1) is 11.7 Å². The van der Waals surface area contributed by atoms with Crippen molar-refractivity contribution in [3.8, 4) is 0 Å². The number of rotatable bonds is 5. The number of nitrogens with one attached hydrogen (secondary N) is 2. The van der Waals surface area contributed by atoms with Crippen molar-refractivity contribution in [3.05, 3.63) is 52.7 Å². The third kappa shape index (κ3) is 3.51. The van der Waals surface area contributed by atoms with Gasteiger partial charge in [0.15, 0.2) is 0 Å². The number of carbonyl (C=O) groups is 2. The SMILES string of the molecule is O=C(NCc1ccccc1F)c1ccc(NC(=O)C2CC2)s1. The number of anilines is 1. The van der Waals surface area contributed by atoms with Crippen molar-refractivity contribution in [2.24, 2.45) is 5.92 Å². The van der Waals surface area contributed by atoms with Crippen LogP contribution in [0.15, 0.2) is 36.4 Å². The van der Waals surface area contributed by atoms with Crippen LogP contribution in [0.1, 0.15) is 28.1 Å². The fraction of sp³-hybridized carbons (Fsp3) is 0.250. The molecule has 0 unspecified atom stereocenters. The van der Waals surface area contributed by atoms with Gasteiger partial charge in [-0.3, -0.25) is 9.59 Å². The van der Waals surface area contributed by atoms with Gasteiger partial charge in [0, 0.05) is 18.0 Å². The first kappa shape index (κ1) is 14.7. The van der Waals surface area contributed by atoms with E-state index in [1.807, 2.05) is 0 Å². The highest BCUT2D eigenvalue weighted by Crippen LogP contribution is 2.31. The van der Waals surface area contributed by atoms with E-state index >= 15 is 0 Å². The average Bonchev–Trinajstić information content (AvgIpc) is 3.26. The Morgan fingerprint density at radius 1 is 1.18 bits per heavy atom. The topological polar surface area (TPSA) is 58.2 Å². The van der Waals surface area contributed by atoms with Crippen LogP contribution in [-0.4, -0.2) is 11.8 Å². The van der Waals surface area contributed by atoms with Crippen LogP contribution in [0.3, 0.4) is 0 Å². The molecular weight excluding hydrogens is 303 g/mol. The first-order valence-corrected chi connectivity index (χ1v) is 7.87. The molecule has 4 nitrogen and oxygen atoms in total. The Kier molecular flexibility index (Phi) is 4.20. The number of amides is 2. The Balaban J connectivity index is 1.57. The molecule has 2 amide bonds. The van der Waals surface area contributed by atoms with Crippen molar-refractivity contribution in [3.63, 3.8) is 0 Å². The first-order chi connectivity index (χ1) is 10.6. The van der Waals surface area contributed by atoms with E-state index in [1.54, 1.807) is 30.3 Å². The van der Waals surface area contributed by atoms with Gasteiger partial charge in [0.25, 0.3) is 5.91 Å². The molecule has 1 aromatic heterocycles. The molecule has 2 N–H and O–H groups in total. The summed E-state index contributed by atoms with van der Waals surface area (Å²) in [5, 5.41) is 6.14. The van der Waals surface area contributed by atoms with Crippen LogP contribution in [0.2, 0.25) is 0 Å². The molecule has 1 aromatic carbocycles. The molecule has 1 aliphatic rings. The summed E-state index contributed by atoms with van der Waals surface area (Å²) in [5.41, 5.74) is 0.440. The molecule has 0 aliphatic heterocycles. The van der Waals surface area contributed by atoms with Gasteiger partial charge in [-0.2, -0.15) is 0 Å². The predicted molar refractivity (Wildman–Crippen MR) is 83.2 cm³/mol. The Morgan fingerprint density at radius 3 is 2.68 bits per heavy atom. The van der Waals surface area contributed by atoms with Crippen molar-refractivity contribution in [2.75, 3.05) is 5.32 Å². The molecule has 1 heterocycles. The van der Waals surface area contributed by atoms with Crippen molar-refractivity contribution in [2.45, 2.75) is 19.4 Å². The molecule has 1 aliphatic carbocycles. The summed E-state index contributed by atoms with van der Waals surface area (Å²) >= 11 is 1.22. The van der Waals surface area contributed by atoms with Crippen molar-refractivity contribution >= 4 is 28.2 Å². The second kappa shape index (κ2) is 6.27. The smallest absolute Gasteiger partial charge is 0.261 e. The minimum absolute atomic E-state index is 0.0140. The van der Waals surface area contributed by atoms with Crippen LogP contribution >= 0.6 is 11.3 Å². The van der Waals surface area contributed by atoms with Gasteiger partial charge in [-0.15, -0.1) is 11.3 Å². The van der Waals surface area contributed by atoms with E-state index in [0.29, 0.717) is 15.4 Å². The van der Waals surface area contributed by atoms with E-state index in [2.05, 4.69) is 10.6 Å². The lowest BCUT2D eigenvalue weighted by molar-refractivity contribution is -0.117. The summed E-state index contributed by atoms with van der Waals surface area (Å²) in [6, 6.07) is 9.69. The molecule has 114 valence electrons. The van der Waals surface area contributed by atoms with Crippen LogP contribution in [0.4, 0.5) is 9.39 Å². The average molecular weight is 318 g/mol. The molecular formula is C16H15FN2O2S. The fourth-order valence-corrected chi connectivity index (χ4v) is 2.83. The third-order valence-electron chi connectivity index (χ3n) is 3.42. The lowest BCUT2D eigenvalue weighted by Crippen LogP contribution is -2.22. The van der Waals surface area contributed by atoms with E-state index in [-0.39, 0.29) is 30.1 Å². The molecule has 2 aromatic rings. The second-order valence-corrected chi connectivity index (χ2v) is 6.29. The fourth-order valence-electron chi connectivity index (χ4n) is 2.00. The van der Waals surface area contributed by atoms with Gasteiger partial charge >= 0.3 is 0 Å². The number of carbonyl (C=O) groups excluding carboxylic acids is 2. The summed E-state index contributed by atoms with van der Waals surface area (Å²) < 4.78 is 13.5. The lowest BCUT2D eigenvalue weighted by atomic mass is 10.2. The van der Waals surface area contributed by atoms with E-state index in [9.17, 15) is 14.0 Å². The molecule has 0 saturated heterocycles. The summed E-state index contributed by atoms with van der Waals surface area (Å²) in [4.78, 5) is 24.2. The normalized spacial score (nSPS) is 13.7. The number of benzene rings is 1. The maximum atomic E-state index is 13.5. The Morgan fingerprint density at radius 2 is 1.95 bits per heavy atom. The number of halogens is 1. The standard InChI is InChI=1S/C16H15FN2O2S/c17-12-4-2-1-3-11(12)9-18-16(21)13-7-8-14(22-13)19-15(20)10-5-6-10/h1-4,7-8,10H,5-6,9H2,(H,18,21)(H,19,20). The first-order valence-electron chi connectivity index (χ1n) is 7.06. The largest absolute Gasteiger partial charge is 0.347 e. The maximum absolute atomic E-state index is 13.5.